The molecule has 4 heteroatoms. The van der Waals surface area contributed by atoms with Crippen molar-refractivity contribution in [2.45, 2.75) is 0 Å². The molecule has 0 bridgehead atoms. The van der Waals surface area contributed by atoms with E-state index in [9.17, 15) is 0 Å². The van der Waals surface area contributed by atoms with E-state index in [2.05, 4.69) is 0 Å². The fraction of sp³-hybridized carbons (Fsp3) is 0. The van der Waals surface area contributed by atoms with Crippen LogP contribution in [0.4, 0.5) is 0 Å². The molecular formula is H4LiOSiV. The third-order valence-electron chi connectivity index (χ3n) is 0. The van der Waals surface area contributed by atoms with Gasteiger partial charge in [-0.15, -0.1) is 0 Å². The van der Waals surface area contributed by atoms with Gasteiger partial charge in [-0.2, -0.15) is 0 Å². The quantitative estimate of drug-likeness (QED) is 0.328. The Kier molecular flexibility index (Phi) is 19.9. The van der Waals surface area contributed by atoms with Crippen LogP contribution in [0.5, 0.6) is 0 Å². The molecule has 0 aromatic rings. The van der Waals surface area contributed by atoms with Crippen LogP contribution in [-0.2, 0) is 19.2 Å². The molecule has 0 N–H and O–H groups in total. The minimum absolute atomic E-state index is 0. The standard InChI is InChI=1S/Li.O.H3Si.V.H/h;;1H3;;. The molecule has 0 amide bonds. The molecule has 0 spiro atoms. The van der Waals surface area contributed by atoms with E-state index in [0.29, 0.717) is 0 Å². The molecule has 0 radical (unpaired) electrons. The van der Waals surface area contributed by atoms with E-state index in [0.717, 1.165) is 8.62 Å². The van der Waals surface area contributed by atoms with Crippen LogP contribution in [0.15, 0.2) is 0 Å². The van der Waals surface area contributed by atoms with Crippen molar-refractivity contribution in [2.75, 3.05) is 0 Å². The van der Waals surface area contributed by atoms with E-state index in [4.69, 9.17) is 3.67 Å². The Morgan fingerprint density at radius 3 is 1.75 bits per heavy atom. The molecule has 0 fully saturated rings. The number of rotatable bonds is 0. The molecule has 4 heavy (non-hydrogen) atoms. The van der Waals surface area contributed by atoms with Gasteiger partial charge in [-0.25, -0.2) is 0 Å². The summed E-state index contributed by atoms with van der Waals surface area (Å²) in [6.07, 6.45) is 0. The van der Waals surface area contributed by atoms with Gasteiger partial charge in [-0.1, -0.05) is 0 Å². The topological polar surface area (TPSA) is 17.1 Å². The minimum atomic E-state index is -0.424. The molecule has 1 nitrogen and oxygen atoms in total. The second kappa shape index (κ2) is 8.89. The van der Waals surface area contributed by atoms with E-state index in [1.807, 2.05) is 0 Å². The Morgan fingerprint density at radius 2 is 1.75 bits per heavy atom. The van der Waals surface area contributed by atoms with Crippen LogP contribution in [0.3, 0.4) is 0 Å². The Hall–Kier alpha value is 1.20. The molecule has 0 saturated carbocycles. The van der Waals surface area contributed by atoms with Crippen LogP contribution in [0.2, 0.25) is 0 Å². The molecule has 0 aliphatic carbocycles. The van der Waals surface area contributed by atoms with Crippen molar-refractivity contribution in [3.8, 4) is 0 Å². The first-order valence-corrected chi connectivity index (χ1v) is 6.28. The molecule has 0 heterocycles. The van der Waals surface area contributed by atoms with E-state index in [-0.39, 0.29) is 18.9 Å². The van der Waals surface area contributed by atoms with Gasteiger partial charge in [0.2, 0.25) is 0 Å². The van der Waals surface area contributed by atoms with Crippen LogP contribution in [0, 0.1) is 0 Å². The first kappa shape index (κ1) is 8.96. The van der Waals surface area contributed by atoms with Gasteiger partial charge in [0.25, 0.3) is 0 Å². The van der Waals surface area contributed by atoms with Gasteiger partial charge >= 0.3 is 46.7 Å². The van der Waals surface area contributed by atoms with Crippen molar-refractivity contribution >= 4 is 27.5 Å². The van der Waals surface area contributed by atoms with E-state index in [1.54, 1.807) is 0 Å². The molecule has 0 atom stereocenters. The predicted molar refractivity (Wildman–Crippen MR) is 17.8 cm³/mol. The summed E-state index contributed by atoms with van der Waals surface area (Å²) in [5.74, 6) is 0. The van der Waals surface area contributed by atoms with Crippen LogP contribution in [-0.4, -0.2) is 27.5 Å². The third-order valence-corrected chi connectivity index (χ3v) is 0. The van der Waals surface area contributed by atoms with Gasteiger partial charge in [0.05, 0.1) is 0 Å². The van der Waals surface area contributed by atoms with Crippen LogP contribution in [0.25, 0.3) is 0 Å². The van der Waals surface area contributed by atoms with Gasteiger partial charge in [0.1, 0.15) is 0 Å². The first-order valence-electron chi connectivity index (χ1n) is 0.630. The average Bonchev–Trinajstić information content (AvgIpc) is 0.918. The molecule has 0 unspecified atom stereocenters. The maximum absolute atomic E-state index is 9.09. The Morgan fingerprint density at radius 1 is 1.75 bits per heavy atom. The number of hydrogen-bond donors (Lipinski definition) is 0. The molecule has 0 saturated heterocycles. The van der Waals surface area contributed by atoms with Crippen molar-refractivity contribution in [3.05, 3.63) is 0 Å². The van der Waals surface area contributed by atoms with Crippen LogP contribution < -0.4 is 0 Å². The zero-order valence-electron chi connectivity index (χ0n) is 1.86. The molecule has 20 valence electrons. The van der Waals surface area contributed by atoms with E-state index in [1.165, 1.54) is 0 Å². The van der Waals surface area contributed by atoms with Gasteiger partial charge in [0.15, 0.2) is 0 Å². The summed E-state index contributed by atoms with van der Waals surface area (Å²) in [4.78, 5) is 0. The summed E-state index contributed by atoms with van der Waals surface area (Å²) in [7, 11) is 0.907. The monoisotopic (exact) mass is 106 g/mol. The molecule has 0 aliphatic heterocycles. The zero-order valence-corrected chi connectivity index (χ0v) is 5.25. The molecule has 0 aliphatic rings. The zero-order chi connectivity index (χ0) is 2.71. The number of hydrogen-bond acceptors (Lipinski definition) is 1. The summed E-state index contributed by atoms with van der Waals surface area (Å²) in [5.41, 5.74) is 0. The fourth-order valence-electron chi connectivity index (χ4n) is 0. The molecular weight excluding hydrogens is 102 g/mol. The summed E-state index contributed by atoms with van der Waals surface area (Å²) in [6.45, 7) is 0. The van der Waals surface area contributed by atoms with Gasteiger partial charge < -0.3 is 0 Å². The van der Waals surface area contributed by atoms with Crippen molar-refractivity contribution < 1.29 is 19.2 Å². The fourth-order valence-corrected chi connectivity index (χ4v) is 0. The summed E-state index contributed by atoms with van der Waals surface area (Å²) in [6, 6.07) is 0. The summed E-state index contributed by atoms with van der Waals surface area (Å²) in [5, 5.41) is 0. The van der Waals surface area contributed by atoms with Crippen molar-refractivity contribution in [1.29, 1.82) is 0 Å². The summed E-state index contributed by atoms with van der Waals surface area (Å²) < 4.78 is 9.09. The maximum atomic E-state index is 9.09. The first-order chi connectivity index (χ1) is 1.41. The van der Waals surface area contributed by atoms with Crippen molar-refractivity contribution in [3.63, 3.8) is 0 Å². The predicted octanol–water partition coefficient (Wildman–Crippen LogP) is -1.95. The van der Waals surface area contributed by atoms with Crippen LogP contribution in [0.1, 0.15) is 0 Å². The molecule has 0 aromatic carbocycles. The second-order valence-corrected chi connectivity index (χ2v) is 2.26. The van der Waals surface area contributed by atoms with Gasteiger partial charge in [0, 0.05) is 0 Å². The molecule has 0 rings (SSSR count). The van der Waals surface area contributed by atoms with Crippen molar-refractivity contribution in [1.82, 2.24) is 0 Å². The Labute approximate surface area is 46.8 Å². The molecule has 0 aromatic heterocycles. The summed E-state index contributed by atoms with van der Waals surface area (Å²) >= 11 is -0.424. The van der Waals surface area contributed by atoms with Crippen LogP contribution >= 0.6 is 0 Å². The van der Waals surface area contributed by atoms with Gasteiger partial charge in [-0.05, 0) is 0 Å². The van der Waals surface area contributed by atoms with E-state index >= 15 is 0 Å². The second-order valence-electron chi connectivity index (χ2n) is 0.183. The van der Waals surface area contributed by atoms with E-state index < -0.39 is 15.6 Å². The average molecular weight is 106 g/mol. The Bertz CT molecular complexity index is 15.5. The van der Waals surface area contributed by atoms with Gasteiger partial charge in [-0.3, -0.25) is 0 Å². The van der Waals surface area contributed by atoms with Crippen molar-refractivity contribution in [2.24, 2.45) is 0 Å². The third kappa shape index (κ3) is 10.8. The SMILES string of the molecule is [LiH].[O]=[V][SiH3]. The normalized spacial score (nSPS) is 4.00. The Balaban J connectivity index is 0.